The van der Waals surface area contributed by atoms with Gasteiger partial charge in [0.2, 0.25) is 0 Å². The van der Waals surface area contributed by atoms with E-state index >= 15 is 0 Å². The van der Waals surface area contributed by atoms with Crippen molar-refractivity contribution >= 4 is 22.6 Å². The summed E-state index contributed by atoms with van der Waals surface area (Å²) in [5, 5.41) is 0.704. The van der Waals surface area contributed by atoms with E-state index in [0.717, 1.165) is 47.7 Å². The molecule has 6 heteroatoms. The van der Waals surface area contributed by atoms with Crippen LogP contribution < -0.4 is 0 Å². The lowest BCUT2D eigenvalue weighted by molar-refractivity contribution is 0.193. The molecule has 0 amide bonds. The lowest BCUT2D eigenvalue weighted by Gasteiger charge is -2.14. The molecule has 27 heavy (non-hydrogen) atoms. The molecule has 1 aliphatic rings. The van der Waals surface area contributed by atoms with Crippen LogP contribution in [0.1, 0.15) is 23.9 Å². The predicted molar refractivity (Wildman–Crippen MR) is 106 cm³/mol. The first-order valence-electron chi connectivity index (χ1n) is 9.10. The molecule has 0 aliphatic carbocycles. The van der Waals surface area contributed by atoms with Crippen LogP contribution in [0.2, 0.25) is 5.02 Å². The Morgan fingerprint density at radius 2 is 2.07 bits per heavy atom. The van der Waals surface area contributed by atoms with Crippen LogP contribution in [0.15, 0.2) is 54.9 Å². The van der Waals surface area contributed by atoms with Crippen molar-refractivity contribution in [1.29, 1.82) is 0 Å². The van der Waals surface area contributed by atoms with E-state index in [9.17, 15) is 0 Å². The van der Waals surface area contributed by atoms with Crippen molar-refractivity contribution < 1.29 is 4.74 Å². The molecule has 136 valence electrons. The first-order chi connectivity index (χ1) is 13.3. The zero-order valence-electron chi connectivity index (χ0n) is 14.7. The number of ether oxygens (including phenoxy) is 1. The highest BCUT2D eigenvalue weighted by Crippen LogP contribution is 2.33. The summed E-state index contributed by atoms with van der Waals surface area (Å²) in [5.41, 5.74) is 5.26. The molecular weight excluding hydrogens is 360 g/mol. The zero-order chi connectivity index (χ0) is 18.2. The van der Waals surface area contributed by atoms with E-state index in [0.29, 0.717) is 17.5 Å². The van der Waals surface area contributed by atoms with Gasteiger partial charge in [0.25, 0.3) is 0 Å². The third-order valence-electron chi connectivity index (χ3n) is 5.05. The van der Waals surface area contributed by atoms with Gasteiger partial charge in [0, 0.05) is 23.1 Å². The van der Waals surface area contributed by atoms with Gasteiger partial charge in [-0.15, -0.1) is 0 Å². The Morgan fingerprint density at radius 1 is 1.19 bits per heavy atom. The van der Waals surface area contributed by atoms with Crippen LogP contribution in [0.3, 0.4) is 0 Å². The first-order valence-corrected chi connectivity index (χ1v) is 9.48. The maximum atomic E-state index is 6.09. The van der Waals surface area contributed by atoms with E-state index in [4.69, 9.17) is 26.3 Å². The predicted octanol–water partition coefficient (Wildman–Crippen LogP) is 4.63. The number of fused-ring (bicyclic) bond motifs is 1. The Hall–Kier alpha value is -2.63. The molecule has 2 aromatic carbocycles. The van der Waals surface area contributed by atoms with Gasteiger partial charge in [-0.05, 0) is 24.6 Å². The summed E-state index contributed by atoms with van der Waals surface area (Å²) in [6.45, 7) is 2.17. The van der Waals surface area contributed by atoms with E-state index < -0.39 is 0 Å². The van der Waals surface area contributed by atoms with Gasteiger partial charge in [-0.2, -0.15) is 0 Å². The van der Waals surface area contributed by atoms with Gasteiger partial charge in [-0.1, -0.05) is 41.9 Å². The fraction of sp³-hybridized carbons (Fsp3) is 0.238. The SMILES string of the molecule is Clc1ccc2nc(Cn3cnc(-c4ccccc4)c3[C@@H]3CCOC3)[nH]c2c1. The Balaban J connectivity index is 1.55. The quantitative estimate of drug-likeness (QED) is 0.563. The van der Waals surface area contributed by atoms with Crippen LogP contribution in [0.25, 0.3) is 22.3 Å². The number of nitrogens with zero attached hydrogens (tertiary/aromatic N) is 3. The number of rotatable bonds is 4. The molecule has 1 N–H and O–H groups in total. The molecule has 3 heterocycles. The van der Waals surface area contributed by atoms with Gasteiger partial charge >= 0.3 is 0 Å². The number of aromatic nitrogens is 4. The van der Waals surface area contributed by atoms with Gasteiger partial charge in [-0.25, -0.2) is 9.97 Å². The van der Waals surface area contributed by atoms with Crippen molar-refractivity contribution in [2.24, 2.45) is 0 Å². The molecule has 1 saturated heterocycles. The van der Waals surface area contributed by atoms with Gasteiger partial charge in [0.05, 0.1) is 41.9 Å². The largest absolute Gasteiger partial charge is 0.381 e. The Morgan fingerprint density at radius 3 is 2.89 bits per heavy atom. The lowest BCUT2D eigenvalue weighted by Crippen LogP contribution is -2.10. The van der Waals surface area contributed by atoms with Crippen LogP contribution in [-0.2, 0) is 11.3 Å². The molecule has 0 bridgehead atoms. The standard InChI is InChI=1S/C21H19ClN4O/c22-16-6-7-17-18(10-16)25-19(24-17)11-26-13-23-20(14-4-2-1-3-5-14)21(26)15-8-9-27-12-15/h1-7,10,13,15H,8-9,11-12H2,(H,24,25)/t15-/m1/s1. The number of nitrogens with one attached hydrogen (secondary N) is 1. The fourth-order valence-corrected chi connectivity index (χ4v) is 3.96. The number of hydrogen-bond acceptors (Lipinski definition) is 3. The molecule has 0 unspecified atom stereocenters. The summed E-state index contributed by atoms with van der Waals surface area (Å²) in [5.74, 6) is 1.24. The van der Waals surface area contributed by atoms with E-state index in [2.05, 4.69) is 21.7 Å². The molecule has 1 fully saturated rings. The molecule has 5 rings (SSSR count). The Kier molecular flexibility index (Phi) is 4.19. The summed E-state index contributed by atoms with van der Waals surface area (Å²) >= 11 is 6.09. The molecular formula is C21H19ClN4O. The minimum atomic E-state index is 0.349. The molecule has 0 saturated carbocycles. The number of H-pyrrole nitrogens is 1. The van der Waals surface area contributed by atoms with Gasteiger partial charge < -0.3 is 14.3 Å². The van der Waals surface area contributed by atoms with E-state index in [1.807, 2.05) is 42.7 Å². The summed E-state index contributed by atoms with van der Waals surface area (Å²) in [6.07, 6.45) is 2.93. The summed E-state index contributed by atoms with van der Waals surface area (Å²) in [4.78, 5) is 12.8. The molecule has 1 atom stereocenters. The van der Waals surface area contributed by atoms with Crippen molar-refractivity contribution in [2.45, 2.75) is 18.9 Å². The minimum absolute atomic E-state index is 0.349. The summed E-state index contributed by atoms with van der Waals surface area (Å²) in [7, 11) is 0. The van der Waals surface area contributed by atoms with E-state index in [1.54, 1.807) is 0 Å². The zero-order valence-corrected chi connectivity index (χ0v) is 15.5. The Labute approximate surface area is 162 Å². The molecule has 5 nitrogen and oxygen atoms in total. The van der Waals surface area contributed by atoms with Gasteiger partial charge in [-0.3, -0.25) is 0 Å². The highest BCUT2D eigenvalue weighted by molar-refractivity contribution is 6.31. The van der Waals surface area contributed by atoms with E-state index in [-0.39, 0.29) is 0 Å². The maximum Gasteiger partial charge on any atom is 0.127 e. The average Bonchev–Trinajstić information content (AvgIpc) is 3.41. The van der Waals surface area contributed by atoms with Crippen LogP contribution in [0.4, 0.5) is 0 Å². The molecule has 2 aromatic heterocycles. The molecule has 4 aromatic rings. The third-order valence-corrected chi connectivity index (χ3v) is 5.29. The smallest absolute Gasteiger partial charge is 0.127 e. The number of halogens is 1. The van der Waals surface area contributed by atoms with Crippen LogP contribution in [0, 0.1) is 0 Å². The molecule has 1 aliphatic heterocycles. The minimum Gasteiger partial charge on any atom is -0.381 e. The molecule has 0 spiro atoms. The topological polar surface area (TPSA) is 55.7 Å². The average molecular weight is 379 g/mol. The monoisotopic (exact) mass is 378 g/mol. The van der Waals surface area contributed by atoms with Crippen molar-refractivity contribution in [1.82, 2.24) is 19.5 Å². The van der Waals surface area contributed by atoms with Crippen molar-refractivity contribution in [2.75, 3.05) is 13.2 Å². The molecule has 0 radical (unpaired) electrons. The lowest BCUT2D eigenvalue weighted by atomic mass is 9.99. The highest BCUT2D eigenvalue weighted by atomic mass is 35.5. The van der Waals surface area contributed by atoms with Crippen molar-refractivity contribution in [3.63, 3.8) is 0 Å². The fourth-order valence-electron chi connectivity index (χ4n) is 3.79. The highest BCUT2D eigenvalue weighted by Gasteiger charge is 2.26. The maximum absolute atomic E-state index is 6.09. The Bertz CT molecular complexity index is 1080. The van der Waals surface area contributed by atoms with Crippen LogP contribution in [-0.4, -0.2) is 32.7 Å². The van der Waals surface area contributed by atoms with Crippen LogP contribution >= 0.6 is 11.6 Å². The number of benzene rings is 2. The van der Waals surface area contributed by atoms with Crippen molar-refractivity contribution in [3.05, 3.63) is 71.4 Å². The normalized spacial score (nSPS) is 17.0. The van der Waals surface area contributed by atoms with E-state index in [1.165, 1.54) is 5.69 Å². The van der Waals surface area contributed by atoms with Crippen LogP contribution in [0.5, 0.6) is 0 Å². The number of imidazole rings is 2. The summed E-state index contributed by atoms with van der Waals surface area (Å²) < 4.78 is 7.85. The third kappa shape index (κ3) is 3.13. The first kappa shape index (κ1) is 16.5. The van der Waals surface area contributed by atoms with Gasteiger partial charge in [0.1, 0.15) is 5.82 Å². The van der Waals surface area contributed by atoms with Gasteiger partial charge in [0.15, 0.2) is 0 Å². The second kappa shape index (κ2) is 6.83. The number of hydrogen-bond donors (Lipinski definition) is 1. The second-order valence-electron chi connectivity index (χ2n) is 6.88. The second-order valence-corrected chi connectivity index (χ2v) is 7.31. The van der Waals surface area contributed by atoms with Crippen molar-refractivity contribution in [3.8, 4) is 11.3 Å². The number of aromatic amines is 1. The summed E-state index contributed by atoms with van der Waals surface area (Å²) in [6, 6.07) is 16.0.